The largest absolute Gasteiger partial charge is 0.804 e. The van der Waals surface area contributed by atoms with E-state index in [1.54, 1.807) is 0 Å². The fourth-order valence-electron chi connectivity index (χ4n) is 0.934. The van der Waals surface area contributed by atoms with E-state index in [1.165, 1.54) is 0 Å². The molecule has 62 valence electrons. The average molecular weight is 167 g/mol. The number of aromatic nitrogens is 4. The topological polar surface area (TPSA) is 107 Å². The Morgan fingerprint density at radius 2 is 2.17 bits per heavy atom. The molecule has 7 nitrogen and oxygen atoms in total. The fourth-order valence-corrected chi connectivity index (χ4v) is 0.934. The molecule has 0 atom stereocenters. The maximum Gasteiger partial charge on any atom is 0.327 e. The molecule has 2 N–H and O–H groups in total. The number of rotatable bonds is 0. The lowest BCUT2D eigenvalue weighted by Gasteiger charge is -2.02. The molecule has 0 bridgehead atoms. The normalized spacial score (nSPS) is 10.7. The van der Waals surface area contributed by atoms with E-state index in [9.17, 15) is 14.8 Å². The number of nitrogens with zero attached hydrogens (tertiary/aromatic N) is 2. The molecule has 2 aromatic rings. The fraction of sp³-hybridized carbons (Fsp3) is 0. The van der Waals surface area contributed by atoms with E-state index < -0.39 is 11.2 Å². The van der Waals surface area contributed by atoms with Gasteiger partial charge in [-0.1, -0.05) is 0 Å². The summed E-state index contributed by atoms with van der Waals surface area (Å²) in [5, 5.41) is 10.8. The summed E-state index contributed by atoms with van der Waals surface area (Å²) in [5.74, 6) is 0. The van der Waals surface area contributed by atoms with Crippen LogP contribution in [0.3, 0.4) is 0 Å². The van der Waals surface area contributed by atoms with Crippen molar-refractivity contribution in [3.8, 4) is 0 Å². The zero-order chi connectivity index (χ0) is 8.72. The van der Waals surface area contributed by atoms with Gasteiger partial charge >= 0.3 is 5.69 Å². The number of imidazole rings is 1. The SMILES string of the molecule is O=c1[nH]c(=O)c2c(ncn2[O-])[nH]1. The van der Waals surface area contributed by atoms with Crippen LogP contribution in [0.4, 0.5) is 0 Å². The molecule has 2 heterocycles. The van der Waals surface area contributed by atoms with Gasteiger partial charge in [-0.05, 0) is 0 Å². The van der Waals surface area contributed by atoms with Gasteiger partial charge in [0.1, 0.15) is 5.52 Å². The molecular formula is C5H3N4O3-. The first kappa shape index (κ1) is 6.65. The van der Waals surface area contributed by atoms with Gasteiger partial charge in [-0.2, -0.15) is 0 Å². The lowest BCUT2D eigenvalue weighted by atomic mass is 10.5. The Kier molecular flexibility index (Phi) is 1.09. The van der Waals surface area contributed by atoms with Crippen LogP contribution in [0.2, 0.25) is 0 Å². The van der Waals surface area contributed by atoms with Gasteiger partial charge in [0.05, 0.1) is 6.33 Å². The minimum Gasteiger partial charge on any atom is -0.804 e. The highest BCUT2D eigenvalue weighted by atomic mass is 16.5. The Hall–Kier alpha value is -2.05. The van der Waals surface area contributed by atoms with E-state index in [0.29, 0.717) is 4.73 Å². The maximum atomic E-state index is 10.9. The Labute approximate surface area is 64.3 Å². The van der Waals surface area contributed by atoms with Crippen molar-refractivity contribution in [2.75, 3.05) is 0 Å². The van der Waals surface area contributed by atoms with Gasteiger partial charge in [-0.15, -0.1) is 0 Å². The van der Waals surface area contributed by atoms with E-state index in [2.05, 4.69) is 9.97 Å². The van der Waals surface area contributed by atoms with E-state index in [4.69, 9.17) is 0 Å². The minimum atomic E-state index is -0.735. The van der Waals surface area contributed by atoms with Crippen molar-refractivity contribution in [3.63, 3.8) is 0 Å². The van der Waals surface area contributed by atoms with Crippen LogP contribution in [-0.2, 0) is 0 Å². The third kappa shape index (κ3) is 0.729. The summed E-state index contributed by atoms with van der Waals surface area (Å²) in [6, 6.07) is 0. The van der Waals surface area contributed by atoms with Crippen LogP contribution in [0.25, 0.3) is 11.2 Å². The smallest absolute Gasteiger partial charge is 0.327 e. The molecule has 0 amide bonds. The molecule has 0 unspecified atom stereocenters. The molecule has 0 saturated heterocycles. The van der Waals surface area contributed by atoms with Crippen LogP contribution >= 0.6 is 0 Å². The monoisotopic (exact) mass is 167 g/mol. The molecule has 2 aromatic heterocycles. The summed E-state index contributed by atoms with van der Waals surface area (Å²) in [6.45, 7) is 0. The van der Waals surface area contributed by atoms with Crippen LogP contribution in [-0.4, -0.2) is 19.7 Å². The molecule has 12 heavy (non-hydrogen) atoms. The first-order valence-electron chi connectivity index (χ1n) is 3.05. The molecule has 0 aromatic carbocycles. The standard InChI is InChI=1S/C5H3N4O3/c10-4-2-3(6-1-9(2)12)7-5(11)8-4/h1H,(H2,7,8,10,11)/q-1. The van der Waals surface area contributed by atoms with E-state index in [1.807, 2.05) is 4.98 Å². The first-order valence-corrected chi connectivity index (χ1v) is 3.05. The van der Waals surface area contributed by atoms with Crippen LogP contribution in [0, 0.1) is 5.21 Å². The van der Waals surface area contributed by atoms with Gasteiger partial charge in [0.15, 0.2) is 5.65 Å². The average Bonchev–Trinajstić information content (AvgIpc) is 2.31. The third-order valence-corrected chi connectivity index (χ3v) is 1.41. The number of aromatic amines is 2. The second kappa shape index (κ2) is 1.97. The lowest BCUT2D eigenvalue weighted by molar-refractivity contribution is 1.05. The molecular weight excluding hydrogens is 164 g/mol. The molecule has 0 saturated carbocycles. The van der Waals surface area contributed by atoms with Crippen molar-refractivity contribution in [1.82, 2.24) is 19.7 Å². The van der Waals surface area contributed by atoms with Crippen molar-refractivity contribution in [3.05, 3.63) is 32.4 Å². The summed E-state index contributed by atoms with van der Waals surface area (Å²) in [7, 11) is 0. The van der Waals surface area contributed by atoms with Crippen molar-refractivity contribution < 1.29 is 0 Å². The van der Waals surface area contributed by atoms with Crippen molar-refractivity contribution in [2.45, 2.75) is 0 Å². The van der Waals surface area contributed by atoms with Crippen LogP contribution in [0.1, 0.15) is 0 Å². The molecule has 0 radical (unpaired) electrons. The van der Waals surface area contributed by atoms with Crippen molar-refractivity contribution in [1.29, 1.82) is 0 Å². The first-order chi connectivity index (χ1) is 5.68. The van der Waals surface area contributed by atoms with Crippen molar-refractivity contribution >= 4 is 11.2 Å². The molecule has 0 aliphatic heterocycles. The van der Waals surface area contributed by atoms with Crippen molar-refractivity contribution in [2.24, 2.45) is 0 Å². The van der Waals surface area contributed by atoms with Gasteiger partial charge in [0, 0.05) is 0 Å². The van der Waals surface area contributed by atoms with Gasteiger partial charge in [0.25, 0.3) is 5.56 Å². The highest BCUT2D eigenvalue weighted by Gasteiger charge is 2.02. The predicted octanol–water partition coefficient (Wildman–Crippen LogP) is -1.24. The Bertz CT molecular complexity index is 533. The molecule has 0 aliphatic rings. The van der Waals surface area contributed by atoms with E-state index >= 15 is 0 Å². The molecule has 0 spiro atoms. The van der Waals surface area contributed by atoms with Gasteiger partial charge in [-0.3, -0.25) is 14.8 Å². The molecule has 0 fully saturated rings. The van der Waals surface area contributed by atoms with Crippen LogP contribution in [0.15, 0.2) is 15.9 Å². The highest BCUT2D eigenvalue weighted by Crippen LogP contribution is 1.98. The molecule has 7 heteroatoms. The summed E-state index contributed by atoms with van der Waals surface area (Å²) in [4.78, 5) is 29.2. The predicted molar refractivity (Wildman–Crippen MR) is 39.7 cm³/mol. The zero-order valence-electron chi connectivity index (χ0n) is 5.70. The summed E-state index contributed by atoms with van der Waals surface area (Å²) in [6.07, 6.45) is 0.913. The van der Waals surface area contributed by atoms with Crippen LogP contribution in [0.5, 0.6) is 0 Å². The van der Waals surface area contributed by atoms with Gasteiger partial charge in [0.2, 0.25) is 0 Å². The molecule has 2 rings (SSSR count). The second-order valence-corrected chi connectivity index (χ2v) is 2.18. The summed E-state index contributed by atoms with van der Waals surface area (Å²) in [5.41, 5.74) is -1.60. The van der Waals surface area contributed by atoms with Gasteiger partial charge in [-0.25, -0.2) is 9.78 Å². The third-order valence-electron chi connectivity index (χ3n) is 1.41. The quantitative estimate of drug-likeness (QED) is 0.511. The number of hydrogen-bond acceptors (Lipinski definition) is 4. The van der Waals surface area contributed by atoms with Crippen LogP contribution < -0.4 is 11.2 Å². The highest BCUT2D eigenvalue weighted by molar-refractivity contribution is 5.69. The molecule has 0 aliphatic carbocycles. The Morgan fingerprint density at radius 1 is 1.42 bits per heavy atom. The number of H-pyrrole nitrogens is 2. The van der Waals surface area contributed by atoms with Gasteiger partial charge < -0.3 is 9.94 Å². The number of hydrogen-bond donors (Lipinski definition) is 2. The maximum absolute atomic E-state index is 10.9. The second-order valence-electron chi connectivity index (χ2n) is 2.18. The number of fused-ring (bicyclic) bond motifs is 1. The Morgan fingerprint density at radius 3 is 2.92 bits per heavy atom. The lowest BCUT2D eigenvalue weighted by Crippen LogP contribution is -2.22. The Balaban J connectivity index is 3.13. The van der Waals surface area contributed by atoms with E-state index in [-0.39, 0.29) is 11.2 Å². The summed E-state index contributed by atoms with van der Waals surface area (Å²) < 4.78 is 0.296. The minimum absolute atomic E-state index is 0.00116. The zero-order valence-corrected chi connectivity index (χ0v) is 5.70. The van der Waals surface area contributed by atoms with E-state index in [0.717, 1.165) is 6.33 Å². The summed E-state index contributed by atoms with van der Waals surface area (Å²) >= 11 is 0. The number of nitrogens with one attached hydrogen (secondary N) is 2.